The molecule has 1 heteroatoms. The van der Waals surface area contributed by atoms with E-state index >= 15 is 0 Å². The summed E-state index contributed by atoms with van der Waals surface area (Å²) in [7, 11) is 0. The second-order valence-electron chi connectivity index (χ2n) is 5.66. The standard InChI is InChI=1S/C12H23F/c1-9(2)5-11-6-10(3)7-12(4,13)8-11/h9-11H,5-8H2,1-4H3/t10-,11-,12?/m1/s1. The van der Waals surface area contributed by atoms with Crippen molar-refractivity contribution in [1.82, 2.24) is 0 Å². The van der Waals surface area contributed by atoms with E-state index in [1.807, 2.05) is 0 Å². The van der Waals surface area contributed by atoms with Gasteiger partial charge in [0, 0.05) is 0 Å². The van der Waals surface area contributed by atoms with Gasteiger partial charge in [-0.2, -0.15) is 0 Å². The van der Waals surface area contributed by atoms with Crippen molar-refractivity contribution in [2.45, 2.75) is 59.0 Å². The van der Waals surface area contributed by atoms with E-state index in [1.165, 1.54) is 12.8 Å². The molecule has 0 aromatic carbocycles. The Labute approximate surface area is 81.9 Å². The first-order chi connectivity index (χ1) is 5.89. The molecule has 0 amide bonds. The highest BCUT2D eigenvalue weighted by atomic mass is 19.1. The molecule has 0 aliphatic heterocycles. The van der Waals surface area contributed by atoms with Gasteiger partial charge >= 0.3 is 0 Å². The van der Waals surface area contributed by atoms with Crippen LogP contribution in [0.25, 0.3) is 0 Å². The molecule has 1 aliphatic rings. The summed E-state index contributed by atoms with van der Waals surface area (Å²) in [5.74, 6) is 1.91. The van der Waals surface area contributed by atoms with Crippen molar-refractivity contribution >= 4 is 0 Å². The van der Waals surface area contributed by atoms with Gasteiger partial charge in [0.25, 0.3) is 0 Å². The van der Waals surface area contributed by atoms with Gasteiger partial charge < -0.3 is 0 Å². The average Bonchev–Trinajstić information content (AvgIpc) is 1.78. The van der Waals surface area contributed by atoms with Gasteiger partial charge in [0.15, 0.2) is 0 Å². The predicted molar refractivity (Wildman–Crippen MR) is 55.5 cm³/mol. The molecule has 1 rings (SSSR count). The summed E-state index contributed by atoms with van der Waals surface area (Å²) in [5, 5.41) is 0. The molecule has 13 heavy (non-hydrogen) atoms. The van der Waals surface area contributed by atoms with Crippen LogP contribution in [0.1, 0.15) is 53.4 Å². The van der Waals surface area contributed by atoms with Crippen molar-refractivity contribution in [3.8, 4) is 0 Å². The zero-order valence-electron chi connectivity index (χ0n) is 9.44. The predicted octanol–water partition coefficient (Wildman–Crippen LogP) is 4.20. The normalized spacial score (nSPS) is 41.1. The minimum atomic E-state index is -0.892. The highest BCUT2D eigenvalue weighted by Gasteiger charge is 2.35. The molecule has 1 saturated carbocycles. The third-order valence-corrected chi connectivity index (χ3v) is 3.03. The molecule has 0 aromatic heterocycles. The van der Waals surface area contributed by atoms with Gasteiger partial charge in [0.2, 0.25) is 0 Å². The van der Waals surface area contributed by atoms with E-state index in [-0.39, 0.29) is 0 Å². The highest BCUT2D eigenvalue weighted by molar-refractivity contribution is 4.86. The molecule has 0 radical (unpaired) electrons. The lowest BCUT2D eigenvalue weighted by Gasteiger charge is -2.36. The van der Waals surface area contributed by atoms with Crippen molar-refractivity contribution in [3.63, 3.8) is 0 Å². The molecule has 0 saturated heterocycles. The number of halogens is 1. The zero-order chi connectivity index (χ0) is 10.1. The first-order valence-corrected chi connectivity index (χ1v) is 5.58. The van der Waals surface area contributed by atoms with Gasteiger partial charge in [-0.1, -0.05) is 20.8 Å². The summed E-state index contributed by atoms with van der Waals surface area (Å²) in [6.07, 6.45) is 3.98. The third-order valence-electron chi connectivity index (χ3n) is 3.03. The summed E-state index contributed by atoms with van der Waals surface area (Å²) in [4.78, 5) is 0. The lowest BCUT2D eigenvalue weighted by atomic mass is 9.72. The molecule has 0 nitrogen and oxygen atoms in total. The summed E-state index contributed by atoms with van der Waals surface area (Å²) in [6.45, 7) is 8.42. The Hall–Kier alpha value is -0.0700. The van der Waals surface area contributed by atoms with Crippen molar-refractivity contribution in [2.75, 3.05) is 0 Å². The molecule has 1 aliphatic carbocycles. The molecule has 0 aromatic rings. The summed E-state index contributed by atoms with van der Waals surface area (Å²) in [5.41, 5.74) is -0.892. The van der Waals surface area contributed by atoms with Gasteiger partial charge in [0.1, 0.15) is 5.67 Å². The molecular weight excluding hydrogens is 163 g/mol. The van der Waals surface area contributed by atoms with Crippen molar-refractivity contribution in [1.29, 1.82) is 0 Å². The second-order valence-corrected chi connectivity index (χ2v) is 5.66. The molecule has 0 spiro atoms. The van der Waals surface area contributed by atoms with Crippen LogP contribution in [-0.2, 0) is 0 Å². The Morgan fingerprint density at radius 1 is 1.38 bits per heavy atom. The van der Waals surface area contributed by atoms with Crippen LogP contribution in [0.2, 0.25) is 0 Å². The minimum Gasteiger partial charge on any atom is -0.244 e. The highest BCUT2D eigenvalue weighted by Crippen LogP contribution is 2.40. The van der Waals surface area contributed by atoms with Crippen molar-refractivity contribution in [3.05, 3.63) is 0 Å². The van der Waals surface area contributed by atoms with E-state index in [4.69, 9.17) is 0 Å². The number of hydrogen-bond acceptors (Lipinski definition) is 0. The van der Waals surface area contributed by atoms with Crippen molar-refractivity contribution in [2.24, 2.45) is 17.8 Å². The minimum absolute atomic E-state index is 0.576. The molecule has 0 bridgehead atoms. The van der Waals surface area contributed by atoms with Gasteiger partial charge in [-0.25, -0.2) is 4.39 Å². The van der Waals surface area contributed by atoms with Crippen LogP contribution in [0.15, 0.2) is 0 Å². The summed E-state index contributed by atoms with van der Waals surface area (Å²) < 4.78 is 13.8. The average molecular weight is 186 g/mol. The molecular formula is C12H23F. The Morgan fingerprint density at radius 2 is 2.00 bits per heavy atom. The van der Waals surface area contributed by atoms with Crippen LogP contribution in [0, 0.1) is 17.8 Å². The molecule has 78 valence electrons. The first-order valence-electron chi connectivity index (χ1n) is 5.58. The van der Waals surface area contributed by atoms with Crippen molar-refractivity contribution < 1.29 is 4.39 Å². The zero-order valence-corrected chi connectivity index (χ0v) is 9.44. The molecule has 1 unspecified atom stereocenters. The maximum atomic E-state index is 13.8. The fourth-order valence-electron chi connectivity index (χ4n) is 2.99. The van der Waals surface area contributed by atoms with E-state index < -0.39 is 5.67 Å². The van der Waals surface area contributed by atoms with Crippen LogP contribution >= 0.6 is 0 Å². The van der Waals surface area contributed by atoms with Gasteiger partial charge in [-0.3, -0.25) is 0 Å². The molecule has 3 atom stereocenters. The quantitative estimate of drug-likeness (QED) is 0.606. The number of hydrogen-bond donors (Lipinski definition) is 0. The molecule has 0 heterocycles. The van der Waals surface area contributed by atoms with E-state index in [9.17, 15) is 4.39 Å². The van der Waals surface area contributed by atoms with E-state index in [0.29, 0.717) is 17.8 Å². The SMILES string of the molecule is CC(C)C[C@@H]1C[C@@H](C)CC(C)(F)C1. The van der Waals surface area contributed by atoms with Crippen LogP contribution in [-0.4, -0.2) is 5.67 Å². The van der Waals surface area contributed by atoms with Gasteiger partial charge in [-0.05, 0) is 50.4 Å². The lowest BCUT2D eigenvalue weighted by Crippen LogP contribution is -2.32. The Morgan fingerprint density at radius 3 is 2.46 bits per heavy atom. The topological polar surface area (TPSA) is 0 Å². The van der Waals surface area contributed by atoms with E-state index in [2.05, 4.69) is 20.8 Å². The number of alkyl halides is 1. The lowest BCUT2D eigenvalue weighted by molar-refractivity contribution is 0.0570. The second kappa shape index (κ2) is 3.98. The van der Waals surface area contributed by atoms with Gasteiger partial charge in [-0.15, -0.1) is 0 Å². The first kappa shape index (κ1) is 11.0. The van der Waals surface area contributed by atoms with Crippen LogP contribution in [0.4, 0.5) is 4.39 Å². The fraction of sp³-hybridized carbons (Fsp3) is 1.00. The maximum absolute atomic E-state index is 13.8. The largest absolute Gasteiger partial charge is 0.244 e. The summed E-state index contributed by atoms with van der Waals surface area (Å²) in [6, 6.07) is 0. The Balaban J connectivity index is 2.48. The smallest absolute Gasteiger partial charge is 0.108 e. The maximum Gasteiger partial charge on any atom is 0.108 e. The molecule has 1 fully saturated rings. The summed E-state index contributed by atoms with van der Waals surface area (Å²) >= 11 is 0. The Bertz CT molecular complexity index is 159. The fourth-order valence-corrected chi connectivity index (χ4v) is 2.99. The third kappa shape index (κ3) is 3.66. The van der Waals surface area contributed by atoms with Crippen LogP contribution in [0.5, 0.6) is 0 Å². The van der Waals surface area contributed by atoms with E-state index in [1.54, 1.807) is 6.92 Å². The van der Waals surface area contributed by atoms with E-state index in [0.717, 1.165) is 12.8 Å². The van der Waals surface area contributed by atoms with Crippen LogP contribution < -0.4 is 0 Å². The Kier molecular flexibility index (Phi) is 3.37. The monoisotopic (exact) mass is 186 g/mol. The molecule has 0 N–H and O–H groups in total. The number of rotatable bonds is 2. The van der Waals surface area contributed by atoms with Crippen LogP contribution in [0.3, 0.4) is 0 Å². The van der Waals surface area contributed by atoms with Gasteiger partial charge in [0.05, 0.1) is 0 Å².